The third-order valence-electron chi connectivity index (χ3n) is 24.9. The van der Waals surface area contributed by atoms with Crippen molar-refractivity contribution in [3.8, 4) is 33.8 Å². The van der Waals surface area contributed by atoms with E-state index in [-0.39, 0.29) is 90.1 Å². The average molecular weight is 1530 g/mol. The molecule has 2 heterocycles. The van der Waals surface area contributed by atoms with Gasteiger partial charge in [0.15, 0.2) is 0 Å². The first-order chi connectivity index (χ1) is 52.8. The van der Waals surface area contributed by atoms with Crippen LogP contribution in [0.4, 0.5) is 0 Å². The van der Waals surface area contributed by atoms with Gasteiger partial charge in [0, 0.05) is 88.0 Å². The van der Waals surface area contributed by atoms with Crippen LogP contribution in [0.2, 0.25) is 0 Å². The molecule has 3 amide bonds. The maximum absolute atomic E-state index is 14.2. The number of benzene rings is 6. The normalized spacial score (nSPS) is 26.6. The summed E-state index contributed by atoms with van der Waals surface area (Å²) in [5, 5.41) is 64.6. The fourth-order valence-electron chi connectivity index (χ4n) is 18.9. The van der Waals surface area contributed by atoms with Gasteiger partial charge in [-0.3, -0.25) is 33.6 Å². The number of rotatable bonds is 29. The van der Waals surface area contributed by atoms with E-state index in [0.29, 0.717) is 111 Å². The number of methoxy groups -OCH3 is 2. The second kappa shape index (κ2) is 37.1. The summed E-state index contributed by atoms with van der Waals surface area (Å²) >= 11 is 0. The number of carboxylic acid groups (broad SMARTS) is 1. The lowest BCUT2D eigenvalue weighted by Gasteiger charge is -2.62. The van der Waals surface area contributed by atoms with Crippen molar-refractivity contribution in [1.82, 2.24) is 35.9 Å². The van der Waals surface area contributed by atoms with E-state index in [4.69, 9.17) is 24.9 Å². The largest absolute Gasteiger partial charge is 0.496 e. The summed E-state index contributed by atoms with van der Waals surface area (Å²) < 4.78 is 11.8. The van der Waals surface area contributed by atoms with Gasteiger partial charge in [-0.1, -0.05) is 139 Å². The zero-order valence-corrected chi connectivity index (χ0v) is 66.9. The number of amides is 3. The number of ether oxygens (including phenoxy) is 2. The predicted molar refractivity (Wildman–Crippen MR) is 426 cm³/mol. The first kappa shape index (κ1) is 85.1. The van der Waals surface area contributed by atoms with E-state index >= 15 is 0 Å². The molecule has 0 radical (unpaired) electrons. The Hall–Kier alpha value is -8.30. The number of aromatic carboxylic acids is 1. The topological polar surface area (TPSA) is 316 Å². The van der Waals surface area contributed by atoms with Crippen LogP contribution in [0.3, 0.4) is 0 Å². The number of nitrogens with one attached hydrogen (secondary N) is 3. The summed E-state index contributed by atoms with van der Waals surface area (Å²) in [5.74, 6) is 0.427. The van der Waals surface area contributed by atoms with Gasteiger partial charge >= 0.3 is 5.97 Å². The van der Waals surface area contributed by atoms with E-state index in [1.807, 2.05) is 93.8 Å². The smallest absolute Gasteiger partial charge is 0.335 e. The number of carboxylic acids is 1. The molecular weight excluding hydrogens is 1410 g/mol. The zero-order valence-electron chi connectivity index (χ0n) is 66.9. The predicted octanol–water partition coefficient (Wildman–Crippen LogP) is 9.39. The van der Waals surface area contributed by atoms with Gasteiger partial charge in [0.05, 0.1) is 58.3 Å². The monoisotopic (exact) mass is 1530 g/mol. The van der Waals surface area contributed by atoms with Crippen LogP contribution in [-0.4, -0.2) is 211 Å². The van der Waals surface area contributed by atoms with Crippen molar-refractivity contribution in [3.05, 3.63) is 178 Å². The number of para-hydroxylation sites is 2. The number of carbonyl (C=O) groups excluding carboxylic acids is 5. The maximum Gasteiger partial charge on any atom is 0.335 e. The summed E-state index contributed by atoms with van der Waals surface area (Å²) in [6, 6.07) is 39.1. The SMILES string of the molecule is CN(C)C[C@@H](N)Cc1ccccc1.COc1c(CN2O[C@@H](CO)[C@@H]([C@H](C)O)[C@H]2C(=O)N[C@H]2C[C@H]3C[C@@H]([C@@H]2C)C3(C)C)cccc1-c1cc(C=O)cc(C(=O)N[C@@H](Cc2ccccc2)CN(C)C)c1.COc1c(CN2O[C@@H](CO)[C@@H]([C@H](C)O)[C@H]2C(=O)N[C@H]2C[C@H]3C[C@@H]([C@@H]2C)C3(C)C)cccc1-c1cc(C=O)cc(C(=O)O)c1. The molecule has 6 saturated carbocycles. The van der Waals surface area contributed by atoms with Gasteiger partial charge in [0.25, 0.3) is 5.91 Å². The van der Waals surface area contributed by atoms with E-state index in [9.17, 15) is 54.3 Å². The van der Waals surface area contributed by atoms with E-state index in [1.54, 1.807) is 62.4 Å². The molecular formula is C88H118N8O15. The maximum atomic E-state index is 14.2. The Morgan fingerprint density at radius 2 is 1.00 bits per heavy atom. The first-order valence-corrected chi connectivity index (χ1v) is 39.1. The Morgan fingerprint density at radius 1 is 0.586 bits per heavy atom. The molecule has 2 saturated heterocycles. The molecule has 4 bridgehead atoms. The highest BCUT2D eigenvalue weighted by atomic mass is 16.7. The fraction of sp³-hybridized carbons (Fsp3) is 0.523. The van der Waals surface area contributed by atoms with E-state index in [1.165, 1.54) is 42.7 Å². The number of aliphatic hydroxyl groups is 4. The number of fused-ring (bicyclic) bond motifs is 4. The molecule has 0 unspecified atom stereocenters. The first-order valence-electron chi connectivity index (χ1n) is 39.1. The number of likely N-dealkylation sites (N-methyl/N-ethyl adjacent to an activating group) is 2. The second-order valence-corrected chi connectivity index (χ2v) is 33.5. The lowest BCUT2D eigenvalue weighted by molar-refractivity contribution is -0.183. The van der Waals surface area contributed by atoms with Crippen molar-refractivity contribution in [2.24, 2.45) is 63.9 Å². The Morgan fingerprint density at radius 3 is 1.37 bits per heavy atom. The lowest BCUT2D eigenvalue weighted by Crippen LogP contribution is -2.62. The highest BCUT2D eigenvalue weighted by Crippen LogP contribution is 2.62. The van der Waals surface area contributed by atoms with Crippen LogP contribution in [-0.2, 0) is 45.2 Å². The summed E-state index contributed by atoms with van der Waals surface area (Å²) in [6.07, 6.45) is 3.67. The van der Waals surface area contributed by atoms with Crippen LogP contribution >= 0.6 is 0 Å². The minimum Gasteiger partial charge on any atom is -0.496 e. The molecule has 0 aromatic heterocycles. The molecule has 0 spiro atoms. The van der Waals surface area contributed by atoms with Crippen molar-refractivity contribution >= 4 is 36.3 Å². The lowest BCUT2D eigenvalue weighted by atomic mass is 9.45. The fourth-order valence-corrected chi connectivity index (χ4v) is 18.9. The molecule has 6 aliphatic carbocycles. The highest BCUT2D eigenvalue weighted by molar-refractivity contribution is 5.98. The number of aldehydes is 2. The quantitative estimate of drug-likeness (QED) is 0.0197. The van der Waals surface area contributed by atoms with Gasteiger partial charge in [-0.05, 0) is 186 Å². The molecule has 2 aliphatic heterocycles. The Labute approximate surface area is 654 Å². The minimum absolute atomic E-state index is 0.0137. The van der Waals surface area contributed by atoms with Crippen LogP contribution in [0, 0.1) is 58.2 Å². The van der Waals surface area contributed by atoms with Crippen molar-refractivity contribution < 1.29 is 73.4 Å². The van der Waals surface area contributed by atoms with Crippen LogP contribution < -0.4 is 31.2 Å². The van der Waals surface area contributed by atoms with Gasteiger partial charge in [-0.15, -0.1) is 0 Å². The third kappa shape index (κ3) is 19.5. The summed E-state index contributed by atoms with van der Waals surface area (Å²) in [6.45, 7) is 17.9. The summed E-state index contributed by atoms with van der Waals surface area (Å²) in [4.78, 5) is 94.0. The number of carbonyl (C=O) groups is 6. The van der Waals surface area contributed by atoms with Crippen molar-refractivity contribution in [2.75, 3.05) is 68.7 Å². The van der Waals surface area contributed by atoms with Crippen LogP contribution in [0.25, 0.3) is 22.3 Å². The molecule has 23 nitrogen and oxygen atoms in total. The van der Waals surface area contributed by atoms with E-state index in [2.05, 4.69) is 86.7 Å². The van der Waals surface area contributed by atoms with E-state index < -0.39 is 54.3 Å². The van der Waals surface area contributed by atoms with Crippen LogP contribution in [0.15, 0.2) is 133 Å². The molecule has 14 rings (SSSR count). The Balaban J connectivity index is 0.000000207. The standard InChI is InChI=1S/C44H58N4O7.C33H42N2O8.C11H18N2/c1-26-36-20-33(44(36,3)4)21-37(26)46-43(53)40-39(27(2)51)38(25-50)55-48(40)22-30-14-11-15-35(41(30)54-7)31-16-29(24-49)17-32(19-31)42(52)45-34(23-47(5)6)18-28-12-9-8-10-13-28;1-17-25-12-23(33(25,3)4)13-26(17)34-31(39)29-28(18(2)38)27(16-37)43-35(29)14-20-7-6-8-24(30(20)42-5)21-9-19(15-36)10-22(11-21)32(40)41;1-13(2)9-11(12)8-10-6-4-3-5-7-10/h8-17,19,24,26-27,33-34,36-40,50-51H,18,20-23,25H2,1-7H3,(H,45,52)(H,46,53);6-11,15,17-18,23,25-29,37-38H,12-14,16H2,1-5H3,(H,34,39)(H,40,41);3-7,11H,8-9,12H2,1-2H3/t26-,27-,33+,34-,36-,37-,38-,39+,40-;17-,18-,23+,25-,26-,27-,28+,29-;11-/m000/s1. The number of hydrogen-bond acceptors (Lipinski definition) is 19. The molecule has 8 fully saturated rings. The van der Waals surface area contributed by atoms with Gasteiger partial charge in [-0.25, -0.2) is 4.79 Å². The molecule has 600 valence electrons. The van der Waals surface area contributed by atoms with Crippen LogP contribution in [0.5, 0.6) is 11.5 Å². The molecule has 23 heteroatoms. The number of aliphatic hydroxyl groups excluding tert-OH is 4. The summed E-state index contributed by atoms with van der Waals surface area (Å²) in [5.41, 5.74) is 13.4. The van der Waals surface area contributed by atoms with E-state index in [0.717, 1.165) is 37.7 Å². The van der Waals surface area contributed by atoms with Crippen molar-refractivity contribution in [1.29, 1.82) is 0 Å². The van der Waals surface area contributed by atoms with Crippen LogP contribution in [0.1, 0.15) is 145 Å². The van der Waals surface area contributed by atoms with Crippen molar-refractivity contribution in [2.45, 2.75) is 168 Å². The van der Waals surface area contributed by atoms with Gasteiger partial charge in [-0.2, -0.15) is 10.1 Å². The molecule has 18 atom stereocenters. The Kier molecular flexibility index (Phi) is 28.5. The van der Waals surface area contributed by atoms with Gasteiger partial charge in [0.2, 0.25) is 11.8 Å². The Bertz CT molecular complexity index is 4180. The molecule has 10 N–H and O–H groups in total. The van der Waals surface area contributed by atoms with Crippen molar-refractivity contribution in [3.63, 3.8) is 0 Å². The minimum atomic E-state index is -1.16. The molecule has 6 aromatic carbocycles. The van der Waals surface area contributed by atoms with Gasteiger partial charge < -0.3 is 66.5 Å². The average Bonchev–Trinajstić information content (AvgIpc) is 1.40. The third-order valence-corrected chi connectivity index (χ3v) is 24.9. The number of nitrogens with two attached hydrogens (primary N) is 1. The zero-order chi connectivity index (χ0) is 80.5. The molecule has 8 aliphatic rings. The number of nitrogens with zero attached hydrogens (tertiary/aromatic N) is 4. The number of hydrogen-bond donors (Lipinski definition) is 9. The molecule has 111 heavy (non-hydrogen) atoms. The molecule has 6 aromatic rings. The number of hydroxylamine groups is 4. The second-order valence-electron chi connectivity index (χ2n) is 33.5. The summed E-state index contributed by atoms with van der Waals surface area (Å²) in [7, 11) is 11.1. The highest BCUT2D eigenvalue weighted by Gasteiger charge is 2.59. The van der Waals surface area contributed by atoms with Gasteiger partial charge in [0.1, 0.15) is 48.4 Å².